The molecule has 1 aromatic carbocycles. The van der Waals surface area contributed by atoms with E-state index in [1.807, 2.05) is 24.3 Å². The predicted octanol–water partition coefficient (Wildman–Crippen LogP) is 2.72. The first kappa shape index (κ1) is 14.1. The summed E-state index contributed by atoms with van der Waals surface area (Å²) in [7, 11) is 0. The molecule has 92 valence electrons. The van der Waals surface area contributed by atoms with Crippen molar-refractivity contribution in [3.8, 4) is 0 Å². The number of aliphatic carboxylic acids is 2. The standard InChI is InChI=1S/C11H11BrO4S/c1-6(9(10(13)14)11(15)16)17-8-4-2-7(12)3-5-8/h2-6,9H,1H3,(H,13,14)(H,15,16). The van der Waals surface area contributed by atoms with Gasteiger partial charge in [0.05, 0.1) is 0 Å². The van der Waals surface area contributed by atoms with E-state index in [-0.39, 0.29) is 0 Å². The quantitative estimate of drug-likeness (QED) is 0.645. The monoisotopic (exact) mass is 318 g/mol. The van der Waals surface area contributed by atoms with E-state index in [4.69, 9.17) is 10.2 Å². The summed E-state index contributed by atoms with van der Waals surface area (Å²) in [5.41, 5.74) is 0. The number of rotatable bonds is 5. The van der Waals surface area contributed by atoms with E-state index in [1.54, 1.807) is 6.92 Å². The molecule has 0 aliphatic carbocycles. The normalized spacial score (nSPS) is 12.4. The van der Waals surface area contributed by atoms with Crippen LogP contribution in [-0.4, -0.2) is 27.4 Å². The predicted molar refractivity (Wildman–Crippen MR) is 68.2 cm³/mol. The molecule has 0 bridgehead atoms. The van der Waals surface area contributed by atoms with Crippen molar-refractivity contribution in [2.75, 3.05) is 0 Å². The second kappa shape index (κ2) is 6.07. The first-order valence-corrected chi connectivity index (χ1v) is 6.47. The van der Waals surface area contributed by atoms with E-state index in [2.05, 4.69) is 15.9 Å². The van der Waals surface area contributed by atoms with E-state index >= 15 is 0 Å². The van der Waals surface area contributed by atoms with Gasteiger partial charge in [0.1, 0.15) is 0 Å². The molecule has 0 aliphatic rings. The molecule has 17 heavy (non-hydrogen) atoms. The first-order valence-electron chi connectivity index (χ1n) is 4.79. The van der Waals surface area contributed by atoms with Crippen molar-refractivity contribution in [2.45, 2.75) is 17.1 Å². The Bertz CT molecular complexity index is 404. The Hall–Kier alpha value is -1.01. The second-order valence-electron chi connectivity index (χ2n) is 3.43. The molecule has 0 spiro atoms. The van der Waals surface area contributed by atoms with Gasteiger partial charge in [-0.25, -0.2) is 0 Å². The maximum Gasteiger partial charge on any atom is 0.319 e. The van der Waals surface area contributed by atoms with Crippen LogP contribution < -0.4 is 0 Å². The Morgan fingerprint density at radius 3 is 2.06 bits per heavy atom. The van der Waals surface area contributed by atoms with Crippen molar-refractivity contribution in [3.05, 3.63) is 28.7 Å². The first-order chi connectivity index (χ1) is 7.91. The van der Waals surface area contributed by atoms with Gasteiger partial charge in [-0.2, -0.15) is 0 Å². The molecular weight excluding hydrogens is 308 g/mol. The minimum Gasteiger partial charge on any atom is -0.481 e. The van der Waals surface area contributed by atoms with Crippen LogP contribution in [0.5, 0.6) is 0 Å². The molecule has 0 fully saturated rings. The van der Waals surface area contributed by atoms with Crippen LogP contribution in [0.15, 0.2) is 33.6 Å². The number of benzene rings is 1. The van der Waals surface area contributed by atoms with Gasteiger partial charge in [-0.15, -0.1) is 11.8 Å². The largest absolute Gasteiger partial charge is 0.481 e. The lowest BCUT2D eigenvalue weighted by Crippen LogP contribution is -2.31. The fourth-order valence-electron chi connectivity index (χ4n) is 1.30. The van der Waals surface area contributed by atoms with Gasteiger partial charge in [-0.1, -0.05) is 22.9 Å². The molecule has 4 nitrogen and oxygen atoms in total. The molecule has 0 radical (unpaired) electrons. The maximum atomic E-state index is 10.8. The molecular formula is C11H11BrO4S. The lowest BCUT2D eigenvalue weighted by molar-refractivity contribution is -0.154. The van der Waals surface area contributed by atoms with Gasteiger partial charge in [0.15, 0.2) is 5.92 Å². The number of thioether (sulfide) groups is 1. The van der Waals surface area contributed by atoms with Crippen molar-refractivity contribution in [1.82, 2.24) is 0 Å². The topological polar surface area (TPSA) is 74.6 Å². The minimum absolute atomic E-state index is 0.536. The zero-order valence-electron chi connectivity index (χ0n) is 8.96. The average molecular weight is 319 g/mol. The van der Waals surface area contributed by atoms with E-state index < -0.39 is 23.1 Å². The van der Waals surface area contributed by atoms with Crippen molar-refractivity contribution in [3.63, 3.8) is 0 Å². The number of hydrogen-bond donors (Lipinski definition) is 2. The Morgan fingerprint density at radius 2 is 1.65 bits per heavy atom. The van der Waals surface area contributed by atoms with Crippen LogP contribution in [0.4, 0.5) is 0 Å². The summed E-state index contributed by atoms with van der Waals surface area (Å²) in [6.07, 6.45) is 0. The Kier molecular flexibility index (Phi) is 5.02. The molecule has 0 heterocycles. The number of halogens is 1. The zero-order chi connectivity index (χ0) is 13.0. The smallest absolute Gasteiger partial charge is 0.319 e. The van der Waals surface area contributed by atoms with Crippen LogP contribution in [0.1, 0.15) is 6.92 Å². The van der Waals surface area contributed by atoms with Crippen LogP contribution in [0, 0.1) is 5.92 Å². The van der Waals surface area contributed by atoms with Crippen LogP contribution in [0.25, 0.3) is 0 Å². The number of carboxylic acid groups (broad SMARTS) is 2. The highest BCUT2D eigenvalue weighted by Gasteiger charge is 2.32. The summed E-state index contributed by atoms with van der Waals surface area (Å²) in [5.74, 6) is -4.02. The fraction of sp³-hybridized carbons (Fsp3) is 0.273. The lowest BCUT2D eigenvalue weighted by atomic mass is 10.1. The highest BCUT2D eigenvalue weighted by molar-refractivity contribution is 9.10. The number of carbonyl (C=O) groups is 2. The zero-order valence-corrected chi connectivity index (χ0v) is 11.4. The minimum atomic E-state index is -1.40. The molecule has 1 unspecified atom stereocenters. The fourth-order valence-corrected chi connectivity index (χ4v) is 2.66. The number of hydrogen-bond acceptors (Lipinski definition) is 3. The Labute approximate surface area is 111 Å². The van der Waals surface area contributed by atoms with E-state index in [9.17, 15) is 9.59 Å². The molecule has 0 aliphatic heterocycles. The highest BCUT2D eigenvalue weighted by atomic mass is 79.9. The summed E-state index contributed by atoms with van der Waals surface area (Å²) in [6, 6.07) is 7.27. The van der Waals surface area contributed by atoms with Gasteiger partial charge in [-0.05, 0) is 24.3 Å². The van der Waals surface area contributed by atoms with Crippen LogP contribution in [0.3, 0.4) is 0 Å². The molecule has 1 rings (SSSR count). The SMILES string of the molecule is CC(Sc1ccc(Br)cc1)C(C(=O)O)C(=O)O. The van der Waals surface area contributed by atoms with Gasteiger partial charge in [0, 0.05) is 14.6 Å². The third-order valence-electron chi connectivity index (χ3n) is 2.14. The highest BCUT2D eigenvalue weighted by Crippen LogP contribution is 2.29. The molecule has 0 amide bonds. The summed E-state index contributed by atoms with van der Waals surface area (Å²) >= 11 is 4.52. The van der Waals surface area contributed by atoms with Crippen molar-refractivity contribution in [1.29, 1.82) is 0 Å². The Morgan fingerprint density at radius 1 is 1.18 bits per heavy atom. The third-order valence-corrected chi connectivity index (χ3v) is 3.85. The second-order valence-corrected chi connectivity index (χ2v) is 5.80. The van der Waals surface area contributed by atoms with Gasteiger partial charge in [0.2, 0.25) is 0 Å². The van der Waals surface area contributed by atoms with Crippen LogP contribution >= 0.6 is 27.7 Å². The van der Waals surface area contributed by atoms with Crippen molar-refractivity contribution in [2.24, 2.45) is 5.92 Å². The lowest BCUT2D eigenvalue weighted by Gasteiger charge is -2.15. The molecule has 0 aromatic heterocycles. The molecule has 0 saturated carbocycles. The molecule has 6 heteroatoms. The van der Waals surface area contributed by atoms with Gasteiger partial charge in [-0.3, -0.25) is 9.59 Å². The summed E-state index contributed by atoms with van der Waals surface area (Å²) in [5, 5.41) is 17.1. The summed E-state index contributed by atoms with van der Waals surface area (Å²) < 4.78 is 0.919. The van der Waals surface area contributed by atoms with E-state index in [0.717, 1.165) is 9.37 Å². The van der Waals surface area contributed by atoms with Gasteiger partial charge < -0.3 is 10.2 Å². The molecule has 1 atom stereocenters. The average Bonchev–Trinajstić information content (AvgIpc) is 2.20. The molecule has 0 saturated heterocycles. The van der Waals surface area contributed by atoms with Gasteiger partial charge >= 0.3 is 11.9 Å². The summed E-state index contributed by atoms with van der Waals surface area (Å²) in [4.78, 5) is 22.5. The van der Waals surface area contributed by atoms with Crippen molar-refractivity contribution < 1.29 is 19.8 Å². The van der Waals surface area contributed by atoms with E-state index in [1.165, 1.54) is 11.8 Å². The Balaban J connectivity index is 2.76. The van der Waals surface area contributed by atoms with Crippen LogP contribution in [-0.2, 0) is 9.59 Å². The van der Waals surface area contributed by atoms with Gasteiger partial charge in [0.25, 0.3) is 0 Å². The number of carboxylic acids is 2. The molecule has 1 aromatic rings. The van der Waals surface area contributed by atoms with E-state index in [0.29, 0.717) is 0 Å². The summed E-state index contributed by atoms with van der Waals surface area (Å²) in [6.45, 7) is 1.60. The third kappa shape index (κ3) is 4.05. The maximum absolute atomic E-state index is 10.8. The van der Waals surface area contributed by atoms with Crippen LogP contribution in [0.2, 0.25) is 0 Å². The molecule has 2 N–H and O–H groups in total. The van der Waals surface area contributed by atoms with Crippen molar-refractivity contribution >= 4 is 39.6 Å².